The second-order valence-corrected chi connectivity index (χ2v) is 5.77. The number of nitrogens with one attached hydrogen (secondary N) is 1. The number of piperidine rings is 1. The normalized spacial score (nSPS) is 17.4. The van der Waals surface area contributed by atoms with Crippen molar-refractivity contribution in [3.8, 4) is 0 Å². The molecular weight excluding hydrogens is 306 g/mol. The quantitative estimate of drug-likeness (QED) is 0.864. The molecule has 0 spiro atoms. The molecule has 2 rings (SSSR count). The first kappa shape index (κ1) is 14.5. The maximum atomic E-state index is 11.9. The van der Waals surface area contributed by atoms with E-state index in [4.69, 9.17) is 0 Å². The minimum absolute atomic E-state index is 0.0297. The lowest BCUT2D eigenvalue weighted by molar-refractivity contribution is 0.0936. The number of hydrogen-bond donors (Lipinski definition) is 1. The Kier molecular flexibility index (Phi) is 5.34. The molecule has 1 aliphatic heterocycles. The van der Waals surface area contributed by atoms with E-state index in [0.717, 1.165) is 30.8 Å². The lowest BCUT2D eigenvalue weighted by Crippen LogP contribution is -2.38. The number of carbonyl (C=O) groups is 1. The molecule has 2 heterocycles. The molecular formula is C14H20BrN3O. The zero-order chi connectivity index (χ0) is 13.7. The van der Waals surface area contributed by atoms with Crippen molar-refractivity contribution in [1.82, 2.24) is 15.2 Å². The average molecular weight is 326 g/mol. The molecule has 1 amide bonds. The fraction of sp³-hybridized carbons (Fsp3) is 0.571. The predicted molar refractivity (Wildman–Crippen MR) is 79.1 cm³/mol. The Labute approximate surface area is 122 Å². The average Bonchev–Trinajstić information content (AvgIpc) is 2.46. The van der Waals surface area contributed by atoms with Gasteiger partial charge in [-0.2, -0.15) is 0 Å². The van der Waals surface area contributed by atoms with Crippen molar-refractivity contribution in [2.75, 3.05) is 26.2 Å². The van der Waals surface area contributed by atoms with E-state index in [2.05, 4.69) is 38.1 Å². The topological polar surface area (TPSA) is 45.2 Å². The molecule has 1 aromatic rings. The highest BCUT2D eigenvalue weighted by Crippen LogP contribution is 2.16. The van der Waals surface area contributed by atoms with E-state index in [9.17, 15) is 4.79 Å². The number of aromatic nitrogens is 1. The summed E-state index contributed by atoms with van der Waals surface area (Å²) in [7, 11) is 0. The first-order chi connectivity index (χ1) is 9.19. The number of hydrogen-bond acceptors (Lipinski definition) is 3. The molecule has 0 unspecified atom stereocenters. The molecule has 0 saturated carbocycles. The van der Waals surface area contributed by atoms with E-state index < -0.39 is 0 Å². The van der Waals surface area contributed by atoms with Crippen LogP contribution >= 0.6 is 15.9 Å². The summed E-state index contributed by atoms with van der Waals surface area (Å²) >= 11 is 3.26. The fourth-order valence-electron chi connectivity index (χ4n) is 2.36. The van der Waals surface area contributed by atoms with Gasteiger partial charge in [0.15, 0.2) is 0 Å². The van der Waals surface area contributed by atoms with Gasteiger partial charge in [-0.25, -0.2) is 4.98 Å². The number of carbonyl (C=O) groups excluding carboxylic acids is 1. The Morgan fingerprint density at radius 3 is 2.79 bits per heavy atom. The van der Waals surface area contributed by atoms with Gasteiger partial charge in [0.2, 0.25) is 0 Å². The SMILES string of the molecule is CCN1CCC(CNC(=O)c2ccc(Br)nc2)CC1. The molecule has 0 atom stereocenters. The van der Waals surface area contributed by atoms with Gasteiger partial charge in [-0.05, 0) is 66.5 Å². The molecule has 0 aromatic carbocycles. The summed E-state index contributed by atoms with van der Waals surface area (Å²) in [5.74, 6) is 0.577. The van der Waals surface area contributed by atoms with E-state index in [-0.39, 0.29) is 5.91 Å². The van der Waals surface area contributed by atoms with Crippen molar-refractivity contribution in [2.24, 2.45) is 5.92 Å². The number of pyridine rings is 1. The smallest absolute Gasteiger partial charge is 0.252 e. The van der Waals surface area contributed by atoms with Crippen LogP contribution in [0.5, 0.6) is 0 Å². The monoisotopic (exact) mass is 325 g/mol. The van der Waals surface area contributed by atoms with Gasteiger partial charge >= 0.3 is 0 Å². The molecule has 5 heteroatoms. The maximum Gasteiger partial charge on any atom is 0.252 e. The summed E-state index contributed by atoms with van der Waals surface area (Å²) in [6.45, 7) is 6.40. The van der Waals surface area contributed by atoms with Crippen LogP contribution in [-0.2, 0) is 0 Å². The summed E-state index contributed by atoms with van der Waals surface area (Å²) in [6.07, 6.45) is 3.94. The van der Waals surface area contributed by atoms with Crippen LogP contribution in [0.25, 0.3) is 0 Å². The molecule has 0 bridgehead atoms. The fourth-order valence-corrected chi connectivity index (χ4v) is 2.59. The molecule has 0 radical (unpaired) electrons. The van der Waals surface area contributed by atoms with Gasteiger partial charge in [-0.1, -0.05) is 6.92 Å². The molecule has 1 fully saturated rings. The molecule has 0 aliphatic carbocycles. The van der Waals surface area contributed by atoms with Gasteiger partial charge in [-0.15, -0.1) is 0 Å². The summed E-state index contributed by atoms with van der Waals surface area (Å²) in [4.78, 5) is 18.5. The van der Waals surface area contributed by atoms with Crippen LogP contribution in [0.15, 0.2) is 22.9 Å². The summed E-state index contributed by atoms with van der Waals surface area (Å²) in [5, 5.41) is 3.01. The van der Waals surface area contributed by atoms with Crippen molar-refractivity contribution in [2.45, 2.75) is 19.8 Å². The first-order valence-corrected chi connectivity index (χ1v) is 7.60. The zero-order valence-electron chi connectivity index (χ0n) is 11.2. The number of likely N-dealkylation sites (tertiary alicyclic amines) is 1. The molecule has 104 valence electrons. The van der Waals surface area contributed by atoms with Crippen LogP contribution in [-0.4, -0.2) is 42.0 Å². The number of nitrogens with zero attached hydrogens (tertiary/aromatic N) is 2. The molecule has 19 heavy (non-hydrogen) atoms. The zero-order valence-corrected chi connectivity index (χ0v) is 12.8. The number of rotatable bonds is 4. The minimum atomic E-state index is -0.0297. The third kappa shape index (κ3) is 4.28. The van der Waals surface area contributed by atoms with Crippen molar-refractivity contribution < 1.29 is 4.79 Å². The number of halogens is 1. The molecule has 1 N–H and O–H groups in total. The van der Waals surface area contributed by atoms with Crippen molar-refractivity contribution in [3.63, 3.8) is 0 Å². The summed E-state index contributed by atoms with van der Waals surface area (Å²) in [5.41, 5.74) is 0.620. The molecule has 4 nitrogen and oxygen atoms in total. The third-order valence-electron chi connectivity index (χ3n) is 3.70. The van der Waals surface area contributed by atoms with Gasteiger partial charge in [0.05, 0.1) is 5.56 Å². The Bertz CT molecular complexity index is 413. The predicted octanol–water partition coefficient (Wildman–Crippen LogP) is 2.31. The Hall–Kier alpha value is -0.940. The number of amides is 1. The maximum absolute atomic E-state index is 11.9. The summed E-state index contributed by atoms with van der Waals surface area (Å²) < 4.78 is 0.746. The Morgan fingerprint density at radius 1 is 1.47 bits per heavy atom. The lowest BCUT2D eigenvalue weighted by Gasteiger charge is -2.31. The van der Waals surface area contributed by atoms with E-state index in [1.165, 1.54) is 12.8 Å². The Balaban J connectivity index is 1.76. The van der Waals surface area contributed by atoms with Crippen molar-refractivity contribution >= 4 is 21.8 Å². The summed E-state index contributed by atoms with van der Waals surface area (Å²) in [6, 6.07) is 3.57. The van der Waals surface area contributed by atoms with E-state index in [0.29, 0.717) is 11.5 Å². The minimum Gasteiger partial charge on any atom is -0.352 e. The van der Waals surface area contributed by atoms with Crippen LogP contribution < -0.4 is 5.32 Å². The van der Waals surface area contributed by atoms with Crippen molar-refractivity contribution in [3.05, 3.63) is 28.5 Å². The molecule has 1 saturated heterocycles. The van der Waals surface area contributed by atoms with Crippen LogP contribution in [0.1, 0.15) is 30.1 Å². The van der Waals surface area contributed by atoms with Gasteiger partial charge in [-0.3, -0.25) is 4.79 Å². The second kappa shape index (κ2) is 7.01. The molecule has 1 aromatic heterocycles. The standard InChI is InChI=1S/C14H20BrN3O/c1-2-18-7-5-11(6-8-18)9-17-14(19)12-3-4-13(15)16-10-12/h3-4,10-11H,2,5-9H2,1H3,(H,17,19). The van der Waals surface area contributed by atoms with Gasteiger partial charge in [0, 0.05) is 12.7 Å². The molecule has 1 aliphatic rings. The first-order valence-electron chi connectivity index (χ1n) is 6.81. The highest BCUT2D eigenvalue weighted by molar-refractivity contribution is 9.10. The van der Waals surface area contributed by atoms with Crippen LogP contribution in [0, 0.1) is 5.92 Å². The highest BCUT2D eigenvalue weighted by Gasteiger charge is 2.18. The third-order valence-corrected chi connectivity index (χ3v) is 4.16. The van der Waals surface area contributed by atoms with Gasteiger partial charge < -0.3 is 10.2 Å². The largest absolute Gasteiger partial charge is 0.352 e. The van der Waals surface area contributed by atoms with E-state index in [1.807, 2.05) is 0 Å². The van der Waals surface area contributed by atoms with Crippen molar-refractivity contribution in [1.29, 1.82) is 0 Å². The highest BCUT2D eigenvalue weighted by atomic mass is 79.9. The van der Waals surface area contributed by atoms with E-state index in [1.54, 1.807) is 18.3 Å². The van der Waals surface area contributed by atoms with Crippen LogP contribution in [0.4, 0.5) is 0 Å². The lowest BCUT2D eigenvalue weighted by atomic mass is 9.97. The van der Waals surface area contributed by atoms with Crippen LogP contribution in [0.2, 0.25) is 0 Å². The van der Waals surface area contributed by atoms with Gasteiger partial charge in [0.25, 0.3) is 5.91 Å². The second-order valence-electron chi connectivity index (χ2n) is 4.96. The van der Waals surface area contributed by atoms with Crippen LogP contribution in [0.3, 0.4) is 0 Å². The van der Waals surface area contributed by atoms with E-state index >= 15 is 0 Å². The van der Waals surface area contributed by atoms with Gasteiger partial charge in [0.1, 0.15) is 4.60 Å². The Morgan fingerprint density at radius 2 is 2.21 bits per heavy atom.